The highest BCUT2D eigenvalue weighted by Crippen LogP contribution is 2.43. The van der Waals surface area contributed by atoms with Crippen LogP contribution >= 0.6 is 22.7 Å². The molecule has 1 fully saturated rings. The standard InChI is InChI=1S/C24H29N5O3S2/c1-13-12-29-19(14(2)25-13)20(31-6)18(27-29)22-26-21-17(34-22)11-16(33-21)15-7-9-28(10-8-15)23(30)32-24(3,4)5/h11-12,15H,7-10H2,1-6H3. The summed E-state index contributed by atoms with van der Waals surface area (Å²) in [7, 11) is 1.66. The van der Waals surface area contributed by atoms with E-state index in [0.717, 1.165) is 63.1 Å². The number of likely N-dealkylation sites (tertiary alicyclic amines) is 1. The van der Waals surface area contributed by atoms with Gasteiger partial charge in [-0.05, 0) is 59.4 Å². The van der Waals surface area contributed by atoms with Crippen LogP contribution in [-0.4, -0.2) is 56.4 Å². The second-order valence-electron chi connectivity index (χ2n) is 9.72. The molecule has 4 aromatic rings. The predicted octanol–water partition coefficient (Wildman–Crippen LogP) is 5.81. The molecular weight excluding hydrogens is 470 g/mol. The monoisotopic (exact) mass is 499 g/mol. The maximum absolute atomic E-state index is 12.4. The van der Waals surface area contributed by atoms with E-state index in [2.05, 4.69) is 11.1 Å². The Labute approximate surface area is 206 Å². The van der Waals surface area contributed by atoms with E-state index in [1.54, 1.807) is 29.8 Å². The molecule has 0 saturated carbocycles. The number of fused-ring (bicyclic) bond motifs is 2. The topological polar surface area (TPSA) is 81.8 Å². The molecule has 1 aliphatic heterocycles. The van der Waals surface area contributed by atoms with E-state index in [-0.39, 0.29) is 6.09 Å². The lowest BCUT2D eigenvalue weighted by Crippen LogP contribution is -2.41. The van der Waals surface area contributed by atoms with Crippen LogP contribution in [0.25, 0.3) is 25.7 Å². The molecule has 8 nitrogen and oxygen atoms in total. The number of thiophene rings is 1. The van der Waals surface area contributed by atoms with Crippen molar-refractivity contribution in [2.75, 3.05) is 20.2 Å². The van der Waals surface area contributed by atoms with Crippen LogP contribution in [0.5, 0.6) is 5.75 Å². The minimum atomic E-state index is -0.465. The summed E-state index contributed by atoms with van der Waals surface area (Å²) < 4.78 is 14.3. The first-order valence-corrected chi connectivity index (χ1v) is 13.1. The van der Waals surface area contributed by atoms with Gasteiger partial charge in [-0.2, -0.15) is 5.10 Å². The molecule has 1 aliphatic rings. The maximum Gasteiger partial charge on any atom is 0.410 e. The lowest BCUT2D eigenvalue weighted by atomic mass is 9.95. The molecule has 1 saturated heterocycles. The van der Waals surface area contributed by atoms with Crippen molar-refractivity contribution in [3.8, 4) is 16.5 Å². The summed E-state index contributed by atoms with van der Waals surface area (Å²) >= 11 is 3.38. The molecule has 10 heteroatoms. The number of hydrogen-bond donors (Lipinski definition) is 0. The normalized spacial score (nSPS) is 15.4. The van der Waals surface area contributed by atoms with Crippen LogP contribution in [0.2, 0.25) is 0 Å². The number of methoxy groups -OCH3 is 1. The van der Waals surface area contributed by atoms with Crippen LogP contribution in [0.4, 0.5) is 4.79 Å². The summed E-state index contributed by atoms with van der Waals surface area (Å²) in [6.07, 6.45) is 3.57. The zero-order valence-electron chi connectivity index (χ0n) is 20.3. The zero-order valence-corrected chi connectivity index (χ0v) is 22.0. The summed E-state index contributed by atoms with van der Waals surface area (Å²) in [6.45, 7) is 11.1. The number of rotatable bonds is 3. The SMILES string of the molecule is COc1c(-c2nc3sc(C4CCN(C(=O)OC(C)(C)C)CC4)cc3s2)nn2cc(C)nc(C)c12. The van der Waals surface area contributed by atoms with E-state index < -0.39 is 5.60 Å². The van der Waals surface area contributed by atoms with Crippen LogP contribution in [-0.2, 0) is 4.74 Å². The first-order valence-electron chi connectivity index (χ1n) is 11.4. The lowest BCUT2D eigenvalue weighted by Gasteiger charge is -2.33. The Morgan fingerprint density at radius 3 is 2.53 bits per heavy atom. The van der Waals surface area contributed by atoms with Crippen molar-refractivity contribution in [2.45, 2.75) is 59.0 Å². The number of ether oxygens (including phenoxy) is 2. The number of hydrogen-bond acceptors (Lipinski definition) is 8. The van der Waals surface area contributed by atoms with E-state index in [0.29, 0.717) is 11.7 Å². The quantitative estimate of drug-likeness (QED) is 0.354. The molecule has 0 spiro atoms. The van der Waals surface area contributed by atoms with Gasteiger partial charge in [-0.1, -0.05) is 0 Å². The fraction of sp³-hybridized carbons (Fsp3) is 0.500. The third kappa shape index (κ3) is 4.24. The second-order valence-corrected chi connectivity index (χ2v) is 11.8. The minimum absolute atomic E-state index is 0.216. The Morgan fingerprint density at radius 1 is 1.15 bits per heavy atom. The second kappa shape index (κ2) is 8.49. The van der Waals surface area contributed by atoms with Gasteiger partial charge in [-0.15, -0.1) is 22.7 Å². The molecule has 180 valence electrons. The lowest BCUT2D eigenvalue weighted by molar-refractivity contribution is 0.0205. The third-order valence-corrected chi connectivity index (χ3v) is 8.26. The van der Waals surface area contributed by atoms with Crippen LogP contribution in [0.1, 0.15) is 55.8 Å². The van der Waals surface area contributed by atoms with Crippen molar-refractivity contribution in [3.63, 3.8) is 0 Å². The highest BCUT2D eigenvalue weighted by atomic mass is 32.1. The number of amides is 1. The number of carbonyl (C=O) groups excluding carboxylic acids is 1. The van der Waals surface area contributed by atoms with Gasteiger partial charge < -0.3 is 14.4 Å². The highest BCUT2D eigenvalue weighted by molar-refractivity contribution is 7.28. The van der Waals surface area contributed by atoms with Crippen molar-refractivity contribution in [3.05, 3.63) is 28.5 Å². The largest absolute Gasteiger partial charge is 0.492 e. The van der Waals surface area contributed by atoms with Crippen molar-refractivity contribution >= 4 is 43.8 Å². The van der Waals surface area contributed by atoms with Gasteiger partial charge in [0.05, 0.1) is 29.4 Å². The molecule has 0 aliphatic carbocycles. The Balaban J connectivity index is 1.36. The van der Waals surface area contributed by atoms with E-state index >= 15 is 0 Å². The minimum Gasteiger partial charge on any atom is -0.492 e. The summed E-state index contributed by atoms with van der Waals surface area (Å²) in [5.74, 6) is 1.15. The Kier molecular flexibility index (Phi) is 5.76. The van der Waals surface area contributed by atoms with Gasteiger partial charge in [0.2, 0.25) is 0 Å². The van der Waals surface area contributed by atoms with Crippen LogP contribution in [0.15, 0.2) is 12.3 Å². The number of aromatic nitrogens is 4. The van der Waals surface area contributed by atoms with E-state index in [1.807, 2.05) is 50.2 Å². The average molecular weight is 500 g/mol. The first-order chi connectivity index (χ1) is 16.1. The number of nitrogens with zero attached hydrogens (tertiary/aromatic N) is 5. The molecule has 0 radical (unpaired) electrons. The smallest absolute Gasteiger partial charge is 0.410 e. The summed E-state index contributed by atoms with van der Waals surface area (Å²) in [5, 5.41) is 5.62. The molecule has 5 rings (SSSR count). The molecule has 34 heavy (non-hydrogen) atoms. The zero-order chi connectivity index (χ0) is 24.2. The maximum atomic E-state index is 12.4. The van der Waals surface area contributed by atoms with Gasteiger partial charge in [-0.25, -0.2) is 14.3 Å². The van der Waals surface area contributed by atoms with Crippen LogP contribution in [0, 0.1) is 13.8 Å². The van der Waals surface area contributed by atoms with Crippen LogP contribution in [0.3, 0.4) is 0 Å². The van der Waals surface area contributed by atoms with Gasteiger partial charge >= 0.3 is 6.09 Å². The van der Waals surface area contributed by atoms with Gasteiger partial charge in [-0.3, -0.25) is 4.98 Å². The molecule has 0 atom stereocenters. The Morgan fingerprint density at radius 2 is 1.88 bits per heavy atom. The molecule has 0 aromatic carbocycles. The molecule has 0 unspecified atom stereocenters. The summed E-state index contributed by atoms with van der Waals surface area (Å²) in [4.78, 5) is 26.0. The molecule has 0 N–H and O–H groups in total. The molecule has 4 aromatic heterocycles. The first kappa shape index (κ1) is 23.0. The number of thiazole rings is 1. The van der Waals surface area contributed by atoms with E-state index in [9.17, 15) is 4.79 Å². The Bertz CT molecular complexity index is 1340. The molecular formula is C24H29N5O3S2. The third-order valence-electron chi connectivity index (χ3n) is 5.93. The van der Waals surface area contributed by atoms with Crippen molar-refractivity contribution in [1.82, 2.24) is 24.5 Å². The van der Waals surface area contributed by atoms with Gasteiger partial charge in [0.25, 0.3) is 0 Å². The fourth-order valence-corrected chi connectivity index (χ4v) is 6.80. The average Bonchev–Trinajstić information content (AvgIpc) is 3.43. The van der Waals surface area contributed by atoms with E-state index in [1.165, 1.54) is 4.88 Å². The van der Waals surface area contributed by atoms with E-state index in [4.69, 9.17) is 19.6 Å². The van der Waals surface area contributed by atoms with Gasteiger partial charge in [0.15, 0.2) is 11.4 Å². The van der Waals surface area contributed by atoms with Crippen molar-refractivity contribution in [2.24, 2.45) is 0 Å². The van der Waals surface area contributed by atoms with Crippen molar-refractivity contribution < 1.29 is 14.3 Å². The predicted molar refractivity (Wildman–Crippen MR) is 135 cm³/mol. The van der Waals surface area contributed by atoms with Crippen LogP contribution < -0.4 is 4.74 Å². The summed E-state index contributed by atoms with van der Waals surface area (Å²) in [5.41, 5.74) is 2.95. The number of piperidine rings is 1. The Hall–Kier alpha value is -2.72. The fourth-order valence-electron chi connectivity index (χ4n) is 4.43. The number of aryl methyl sites for hydroxylation is 2. The van der Waals surface area contributed by atoms with Crippen molar-refractivity contribution in [1.29, 1.82) is 0 Å². The van der Waals surface area contributed by atoms with Gasteiger partial charge in [0.1, 0.15) is 21.0 Å². The summed E-state index contributed by atoms with van der Waals surface area (Å²) in [6, 6.07) is 2.26. The highest BCUT2D eigenvalue weighted by Gasteiger charge is 2.29. The molecule has 1 amide bonds. The number of carbonyl (C=O) groups is 1. The molecule has 5 heterocycles. The van der Waals surface area contributed by atoms with Gasteiger partial charge in [0, 0.05) is 18.0 Å². The molecule has 0 bridgehead atoms.